The molecule has 1 aromatic carbocycles. The zero-order valence-electron chi connectivity index (χ0n) is 26.3. The molecule has 0 bridgehead atoms. The number of oxime groups is 1. The first-order valence-electron chi connectivity index (χ1n) is 14.2. The third-order valence-corrected chi connectivity index (χ3v) is 10.3. The van der Waals surface area contributed by atoms with Gasteiger partial charge >= 0.3 is 16.3 Å². The lowest BCUT2D eigenvalue weighted by Gasteiger charge is -2.44. The molecule has 1 aliphatic heterocycles. The Morgan fingerprint density at radius 2 is 1.84 bits per heavy atom. The average molecular weight is 772 g/mol. The van der Waals surface area contributed by atoms with E-state index in [9.17, 15) is 60.8 Å². The zero-order chi connectivity index (χ0) is 38.1. The standard InChI is InChI=1S/C27H29N7O14S3/c1-27(2,25(40)41)48-32-22(17-12-49-26(28)31-17)20(36)8-16-18(34(24(16)39)51(45,46)47)10-29-23(38)13-4-3-5-15(6-13)50(43,44)30-9-14-7-19(35)21(37)11-33(14)42/h3-7,11-12,16,18,30,37,42H,8-10H2,1-2H3,(H2,28,31)(H,29,38)(H,40,41)(H,45,46,47)/b32-22-/t16-,18+/m0/s1. The molecule has 24 heteroatoms. The van der Waals surface area contributed by atoms with Gasteiger partial charge in [-0.1, -0.05) is 11.2 Å². The molecule has 3 aromatic rings. The van der Waals surface area contributed by atoms with E-state index in [1.807, 2.05) is 0 Å². The third-order valence-electron chi connectivity index (χ3n) is 7.27. The number of hydrogen-bond acceptors (Lipinski definition) is 16. The number of nitrogens with zero attached hydrogens (tertiary/aromatic N) is 4. The van der Waals surface area contributed by atoms with E-state index in [-0.39, 0.29) is 26.4 Å². The summed E-state index contributed by atoms with van der Waals surface area (Å²) in [4.78, 5) is 70.9. The molecule has 0 saturated carbocycles. The highest BCUT2D eigenvalue weighted by Gasteiger charge is 2.54. The third kappa shape index (κ3) is 8.66. The number of carbonyl (C=O) groups excluding carboxylic acids is 3. The predicted molar refractivity (Wildman–Crippen MR) is 174 cm³/mol. The minimum absolute atomic E-state index is 0.00184. The Morgan fingerprint density at radius 3 is 2.45 bits per heavy atom. The highest BCUT2D eigenvalue weighted by atomic mass is 32.2. The van der Waals surface area contributed by atoms with Crippen LogP contribution in [0.3, 0.4) is 0 Å². The van der Waals surface area contributed by atoms with E-state index in [2.05, 4.69) is 20.2 Å². The number of β-lactam (4-membered cyclic amide) rings is 1. The minimum Gasteiger partial charge on any atom is -0.503 e. The molecule has 21 nitrogen and oxygen atoms in total. The first-order valence-corrected chi connectivity index (χ1v) is 17.9. The van der Waals surface area contributed by atoms with Gasteiger partial charge in [-0.25, -0.2) is 27.2 Å². The van der Waals surface area contributed by atoms with Gasteiger partial charge in [0.05, 0.1) is 35.3 Å². The number of pyridine rings is 1. The van der Waals surface area contributed by atoms with Gasteiger partial charge in [0, 0.05) is 30.0 Å². The van der Waals surface area contributed by atoms with Gasteiger partial charge in [0.25, 0.3) is 5.91 Å². The number of nitrogen functional groups attached to an aromatic ring is 1. The van der Waals surface area contributed by atoms with Crippen molar-refractivity contribution in [2.45, 2.75) is 43.4 Å². The van der Waals surface area contributed by atoms with Crippen LogP contribution in [-0.2, 0) is 46.1 Å². The lowest BCUT2D eigenvalue weighted by Crippen LogP contribution is -2.66. The molecule has 4 rings (SSSR count). The molecule has 2 atom stereocenters. The summed E-state index contributed by atoms with van der Waals surface area (Å²) in [5.74, 6) is -6.81. The number of nitrogens with two attached hydrogens (primary N) is 1. The first-order chi connectivity index (χ1) is 23.6. The number of hydrogen-bond donors (Lipinski definition) is 7. The topological polar surface area (TPSA) is 327 Å². The van der Waals surface area contributed by atoms with Gasteiger partial charge in [-0.15, -0.1) is 11.3 Å². The maximum atomic E-state index is 13.4. The number of amides is 2. The van der Waals surface area contributed by atoms with Crippen LogP contribution in [0.5, 0.6) is 5.75 Å². The van der Waals surface area contributed by atoms with Crippen LogP contribution in [0.1, 0.15) is 42.0 Å². The van der Waals surface area contributed by atoms with Crippen molar-refractivity contribution < 1.29 is 60.8 Å². The van der Waals surface area contributed by atoms with E-state index in [0.29, 0.717) is 10.9 Å². The Hall–Kier alpha value is -5.43. The SMILES string of the molecule is CC(C)(O/N=C(\C(=O)C[C@@H]1C(=O)N(S(=O)(=O)O)[C@@H]1CNC(=O)c1cccc(S(=O)(=O)NCc2cc(=O)c(O)cn2O)c1)c1csc(N)n1)C(=O)O. The van der Waals surface area contributed by atoms with Crippen LogP contribution >= 0.6 is 11.3 Å². The molecule has 51 heavy (non-hydrogen) atoms. The van der Waals surface area contributed by atoms with Gasteiger partial charge in [-0.3, -0.25) is 23.7 Å². The summed E-state index contributed by atoms with van der Waals surface area (Å²) in [5.41, 5.74) is 1.69. The highest BCUT2D eigenvalue weighted by molar-refractivity contribution is 7.89. The number of thiazole rings is 1. The second kappa shape index (κ2) is 14.4. The second-order valence-electron chi connectivity index (χ2n) is 11.3. The van der Waals surface area contributed by atoms with Gasteiger partial charge in [0.15, 0.2) is 22.4 Å². The van der Waals surface area contributed by atoms with Crippen molar-refractivity contribution in [3.8, 4) is 5.75 Å². The Labute approximate surface area is 291 Å². The number of aromatic hydroxyl groups is 1. The summed E-state index contributed by atoms with van der Waals surface area (Å²) in [5, 5.41) is 35.8. The van der Waals surface area contributed by atoms with E-state index in [4.69, 9.17) is 10.6 Å². The Balaban J connectivity index is 1.51. The average Bonchev–Trinajstić information content (AvgIpc) is 3.47. The molecule has 2 aromatic heterocycles. The number of carboxylic acids is 1. The van der Waals surface area contributed by atoms with Crippen LogP contribution in [-0.4, -0.2) is 98.3 Å². The summed E-state index contributed by atoms with van der Waals surface area (Å²) in [6, 6.07) is 3.73. The fourth-order valence-corrected chi connectivity index (χ4v) is 7.00. The summed E-state index contributed by atoms with van der Waals surface area (Å²) in [6.45, 7) is 1.02. The summed E-state index contributed by atoms with van der Waals surface area (Å²) in [6.07, 6.45) is -0.0992. The normalized spacial score (nSPS) is 16.7. The minimum atomic E-state index is -5.18. The van der Waals surface area contributed by atoms with Crippen LogP contribution in [0.4, 0.5) is 5.13 Å². The summed E-state index contributed by atoms with van der Waals surface area (Å²) in [7, 11) is -9.56. The van der Waals surface area contributed by atoms with Gasteiger partial charge in [-0.05, 0) is 32.0 Å². The van der Waals surface area contributed by atoms with Crippen LogP contribution in [0, 0.1) is 5.92 Å². The van der Waals surface area contributed by atoms with Crippen molar-refractivity contribution in [2.24, 2.45) is 11.1 Å². The van der Waals surface area contributed by atoms with E-state index < -0.39 is 103 Å². The number of benzene rings is 1. The Bertz CT molecular complexity index is 2210. The van der Waals surface area contributed by atoms with E-state index in [1.54, 1.807) is 0 Å². The number of Topliss-reactive ketones (excluding diaryl/α,β-unsaturated/α-hetero) is 1. The van der Waals surface area contributed by atoms with Crippen molar-refractivity contribution >= 4 is 66.1 Å². The van der Waals surface area contributed by atoms with Crippen molar-refractivity contribution in [1.29, 1.82) is 0 Å². The number of anilines is 1. The molecule has 0 unspecified atom stereocenters. The van der Waals surface area contributed by atoms with Gasteiger partial charge < -0.3 is 31.3 Å². The maximum absolute atomic E-state index is 13.4. The van der Waals surface area contributed by atoms with Crippen molar-refractivity contribution in [2.75, 3.05) is 12.3 Å². The zero-order valence-corrected chi connectivity index (χ0v) is 28.7. The van der Waals surface area contributed by atoms with E-state index in [0.717, 1.165) is 43.4 Å². The molecular weight excluding hydrogens is 743 g/mol. The molecule has 2 amide bonds. The number of aromatic nitrogens is 2. The lowest BCUT2D eigenvalue weighted by atomic mass is 9.84. The van der Waals surface area contributed by atoms with E-state index in [1.165, 1.54) is 17.5 Å². The van der Waals surface area contributed by atoms with Crippen molar-refractivity contribution in [1.82, 2.24) is 24.1 Å². The fourth-order valence-electron chi connectivity index (χ4n) is 4.48. The Morgan fingerprint density at radius 1 is 1.16 bits per heavy atom. The molecule has 0 aliphatic carbocycles. The number of rotatable bonds is 15. The summed E-state index contributed by atoms with van der Waals surface area (Å²) >= 11 is 0.902. The Kier molecular flexibility index (Phi) is 10.9. The predicted octanol–water partition coefficient (Wildman–Crippen LogP) is -1.09. The molecule has 0 radical (unpaired) electrons. The number of sulfonamides is 1. The van der Waals surface area contributed by atoms with E-state index >= 15 is 0 Å². The van der Waals surface area contributed by atoms with Crippen molar-refractivity contribution in [3.63, 3.8) is 0 Å². The molecule has 3 heterocycles. The van der Waals surface area contributed by atoms with Gasteiger partial charge in [-0.2, -0.15) is 13.1 Å². The number of ketones is 1. The lowest BCUT2D eigenvalue weighted by molar-refractivity contribution is -0.161. The first kappa shape index (κ1) is 38.4. The summed E-state index contributed by atoms with van der Waals surface area (Å²) < 4.78 is 62.0. The van der Waals surface area contributed by atoms with Crippen molar-refractivity contribution in [3.05, 3.63) is 69.1 Å². The van der Waals surface area contributed by atoms with Crippen LogP contribution < -0.4 is 21.2 Å². The largest absolute Gasteiger partial charge is 0.503 e. The molecule has 8 N–H and O–H groups in total. The molecule has 274 valence electrons. The number of nitrogens with one attached hydrogen (secondary N) is 2. The highest BCUT2D eigenvalue weighted by Crippen LogP contribution is 2.32. The number of carboxylic acid groups (broad SMARTS) is 1. The quantitative estimate of drug-likeness (QED) is 0.0317. The van der Waals surface area contributed by atoms with Crippen LogP contribution in [0.25, 0.3) is 0 Å². The molecule has 1 saturated heterocycles. The molecule has 1 aliphatic rings. The smallest absolute Gasteiger partial charge is 0.362 e. The van der Waals surface area contributed by atoms with Crippen LogP contribution in [0.15, 0.2) is 56.8 Å². The molecule has 0 spiro atoms. The van der Waals surface area contributed by atoms with Crippen LogP contribution in [0.2, 0.25) is 0 Å². The molecule has 1 fully saturated rings. The monoisotopic (exact) mass is 771 g/mol. The molecular formula is C27H29N7O14S3. The second-order valence-corrected chi connectivity index (χ2v) is 15.2. The van der Waals surface area contributed by atoms with Gasteiger partial charge in [0.2, 0.25) is 27.0 Å². The fraction of sp³-hybridized carbons (Fsp3) is 0.296. The number of carbonyl (C=O) groups is 4. The number of aliphatic carboxylic acids is 1. The van der Waals surface area contributed by atoms with Gasteiger partial charge in [0.1, 0.15) is 5.69 Å². The maximum Gasteiger partial charge on any atom is 0.362 e.